The molecule has 0 radical (unpaired) electrons. The number of pyridine rings is 1. The number of para-hydroxylation sites is 1. The van der Waals surface area contributed by atoms with Crippen molar-refractivity contribution in [2.75, 3.05) is 18.0 Å². The maximum Gasteiger partial charge on any atom is 0.255 e. The van der Waals surface area contributed by atoms with Gasteiger partial charge in [-0.15, -0.1) is 0 Å². The molecular weight excluding hydrogens is 310 g/mol. The van der Waals surface area contributed by atoms with E-state index in [1.165, 1.54) is 17.7 Å². The van der Waals surface area contributed by atoms with Crippen molar-refractivity contribution in [2.24, 2.45) is 0 Å². The smallest absolute Gasteiger partial charge is 0.255 e. The summed E-state index contributed by atoms with van der Waals surface area (Å²) in [5.74, 6) is 0.133. The molecule has 4 rings (SSSR count). The number of piperidine rings is 1. The number of amides is 1. The Bertz CT molecular complexity index is 773. The van der Waals surface area contributed by atoms with Gasteiger partial charge in [-0.05, 0) is 49.8 Å². The second-order valence-corrected chi connectivity index (χ2v) is 7.02. The fraction of sp³-hybridized carbons (Fsp3) is 0.429. The Morgan fingerprint density at radius 1 is 1.20 bits per heavy atom. The van der Waals surface area contributed by atoms with Gasteiger partial charge in [-0.1, -0.05) is 25.1 Å². The quantitative estimate of drug-likeness (QED) is 0.844. The lowest BCUT2D eigenvalue weighted by Gasteiger charge is -2.35. The van der Waals surface area contributed by atoms with Gasteiger partial charge in [0.05, 0.1) is 17.4 Å². The normalized spacial score (nSPS) is 19.8. The van der Waals surface area contributed by atoms with Crippen molar-refractivity contribution < 1.29 is 4.79 Å². The number of likely N-dealkylation sites (tertiary alicyclic amines) is 1. The summed E-state index contributed by atoms with van der Waals surface area (Å²) in [4.78, 5) is 21.8. The summed E-state index contributed by atoms with van der Waals surface area (Å²) in [7, 11) is 0. The molecule has 0 spiro atoms. The van der Waals surface area contributed by atoms with Gasteiger partial charge in [0.1, 0.15) is 0 Å². The van der Waals surface area contributed by atoms with Crippen LogP contribution in [0.4, 0.5) is 11.4 Å². The molecule has 0 saturated carbocycles. The summed E-state index contributed by atoms with van der Waals surface area (Å²) in [6.45, 7) is 3.99. The summed E-state index contributed by atoms with van der Waals surface area (Å²) in [5.41, 5.74) is 4.32. The molecule has 0 bridgehead atoms. The van der Waals surface area contributed by atoms with Crippen molar-refractivity contribution in [3.8, 4) is 0 Å². The van der Waals surface area contributed by atoms with E-state index in [0.29, 0.717) is 11.6 Å². The molecular formula is C21H25N3O. The Labute approximate surface area is 149 Å². The first-order chi connectivity index (χ1) is 12.3. The van der Waals surface area contributed by atoms with E-state index >= 15 is 0 Å². The number of rotatable bonds is 3. The minimum atomic E-state index is 0.133. The zero-order chi connectivity index (χ0) is 17.2. The third kappa shape index (κ3) is 3.01. The van der Waals surface area contributed by atoms with Gasteiger partial charge in [0, 0.05) is 31.0 Å². The van der Waals surface area contributed by atoms with Crippen molar-refractivity contribution in [1.29, 1.82) is 0 Å². The average Bonchev–Trinajstić information content (AvgIpc) is 3.11. The number of hydrogen-bond donors (Lipinski definition) is 0. The molecule has 2 aromatic rings. The van der Waals surface area contributed by atoms with Crippen LogP contribution in [-0.2, 0) is 6.42 Å². The van der Waals surface area contributed by atoms with Gasteiger partial charge in [0.25, 0.3) is 5.91 Å². The van der Waals surface area contributed by atoms with E-state index in [9.17, 15) is 4.79 Å². The molecule has 0 N–H and O–H groups in total. The van der Waals surface area contributed by atoms with Crippen molar-refractivity contribution in [3.63, 3.8) is 0 Å². The number of fused-ring (bicyclic) bond motifs is 1. The second-order valence-electron chi connectivity index (χ2n) is 7.02. The van der Waals surface area contributed by atoms with Crippen LogP contribution in [0.1, 0.15) is 48.5 Å². The topological polar surface area (TPSA) is 36.4 Å². The van der Waals surface area contributed by atoms with E-state index in [4.69, 9.17) is 0 Å². The Hall–Kier alpha value is -2.36. The van der Waals surface area contributed by atoms with Crippen LogP contribution in [0.3, 0.4) is 0 Å². The molecule has 1 atom stereocenters. The Morgan fingerprint density at radius 3 is 2.96 bits per heavy atom. The van der Waals surface area contributed by atoms with Crippen LogP contribution in [-0.4, -0.2) is 34.9 Å². The molecule has 4 heteroatoms. The Kier molecular flexibility index (Phi) is 4.43. The van der Waals surface area contributed by atoms with Gasteiger partial charge in [-0.3, -0.25) is 9.78 Å². The van der Waals surface area contributed by atoms with E-state index in [1.54, 1.807) is 6.20 Å². The lowest BCUT2D eigenvalue weighted by atomic mass is 9.99. The summed E-state index contributed by atoms with van der Waals surface area (Å²) < 4.78 is 0. The zero-order valence-electron chi connectivity index (χ0n) is 14.8. The van der Waals surface area contributed by atoms with Crippen LogP contribution < -0.4 is 4.90 Å². The van der Waals surface area contributed by atoms with Crippen LogP contribution in [0.2, 0.25) is 0 Å². The molecule has 1 fully saturated rings. The van der Waals surface area contributed by atoms with Crippen molar-refractivity contribution in [1.82, 2.24) is 9.88 Å². The molecule has 1 aromatic carbocycles. The third-order valence-corrected chi connectivity index (χ3v) is 5.53. The highest BCUT2D eigenvalue weighted by atomic mass is 16.2. The maximum atomic E-state index is 13.0. The van der Waals surface area contributed by atoms with E-state index in [-0.39, 0.29) is 5.91 Å². The van der Waals surface area contributed by atoms with E-state index in [0.717, 1.165) is 44.5 Å². The maximum absolute atomic E-state index is 13.0. The molecule has 4 nitrogen and oxygen atoms in total. The highest BCUT2D eigenvalue weighted by Gasteiger charge is 2.27. The summed E-state index contributed by atoms with van der Waals surface area (Å²) in [6, 6.07) is 10.9. The van der Waals surface area contributed by atoms with E-state index in [2.05, 4.69) is 46.0 Å². The molecule has 2 aliphatic heterocycles. The lowest BCUT2D eigenvalue weighted by Crippen LogP contribution is -2.43. The van der Waals surface area contributed by atoms with Gasteiger partial charge in [-0.25, -0.2) is 0 Å². The van der Waals surface area contributed by atoms with Crippen molar-refractivity contribution in [3.05, 3.63) is 53.9 Å². The molecule has 1 amide bonds. The molecule has 1 unspecified atom stereocenters. The first-order valence-electron chi connectivity index (χ1n) is 9.39. The predicted octanol–water partition coefficient (Wildman–Crippen LogP) is 4.18. The number of carbonyl (C=O) groups is 1. The zero-order valence-corrected chi connectivity index (χ0v) is 14.8. The largest absolute Gasteiger partial charge is 0.340 e. The van der Waals surface area contributed by atoms with Gasteiger partial charge in [-0.2, -0.15) is 0 Å². The highest BCUT2D eigenvalue weighted by molar-refractivity contribution is 5.95. The monoisotopic (exact) mass is 335 g/mol. The van der Waals surface area contributed by atoms with Gasteiger partial charge >= 0.3 is 0 Å². The van der Waals surface area contributed by atoms with Crippen LogP contribution in [0.15, 0.2) is 42.7 Å². The number of hydrogen-bond acceptors (Lipinski definition) is 3. The Balaban J connectivity index is 1.61. The van der Waals surface area contributed by atoms with E-state index in [1.807, 2.05) is 12.3 Å². The van der Waals surface area contributed by atoms with Crippen molar-refractivity contribution >= 4 is 17.3 Å². The molecule has 3 heterocycles. The number of benzene rings is 1. The van der Waals surface area contributed by atoms with Crippen LogP contribution in [0.25, 0.3) is 0 Å². The SMILES string of the molecule is CCC1CCCCN1C(=O)c1cncc(N2CCc3ccccc32)c1. The number of aromatic nitrogens is 1. The molecule has 130 valence electrons. The first-order valence-corrected chi connectivity index (χ1v) is 9.39. The van der Waals surface area contributed by atoms with Crippen LogP contribution in [0.5, 0.6) is 0 Å². The lowest BCUT2D eigenvalue weighted by molar-refractivity contribution is 0.0607. The average molecular weight is 335 g/mol. The third-order valence-electron chi connectivity index (χ3n) is 5.53. The van der Waals surface area contributed by atoms with Gasteiger partial charge in [0.2, 0.25) is 0 Å². The van der Waals surface area contributed by atoms with Gasteiger partial charge in [0.15, 0.2) is 0 Å². The Morgan fingerprint density at radius 2 is 2.08 bits per heavy atom. The summed E-state index contributed by atoms with van der Waals surface area (Å²) in [6.07, 6.45) is 9.10. The van der Waals surface area contributed by atoms with Crippen molar-refractivity contribution in [2.45, 2.75) is 45.1 Å². The fourth-order valence-electron chi connectivity index (χ4n) is 4.16. The number of carbonyl (C=O) groups excluding carboxylic acids is 1. The van der Waals surface area contributed by atoms with Crippen LogP contribution in [0, 0.1) is 0 Å². The molecule has 0 aliphatic carbocycles. The molecule has 1 saturated heterocycles. The minimum absolute atomic E-state index is 0.133. The molecule has 1 aromatic heterocycles. The minimum Gasteiger partial charge on any atom is -0.340 e. The highest BCUT2D eigenvalue weighted by Crippen LogP contribution is 2.34. The fourth-order valence-corrected chi connectivity index (χ4v) is 4.16. The summed E-state index contributed by atoms with van der Waals surface area (Å²) >= 11 is 0. The molecule has 2 aliphatic rings. The second kappa shape index (κ2) is 6.87. The van der Waals surface area contributed by atoms with Gasteiger partial charge < -0.3 is 9.80 Å². The number of anilines is 2. The standard InChI is InChI=1S/C21H25N3O/c1-2-18-8-5-6-11-24(18)21(25)17-13-19(15-22-14-17)23-12-10-16-7-3-4-9-20(16)23/h3-4,7,9,13-15,18H,2,5-6,8,10-12H2,1H3. The number of nitrogens with zero attached hydrogens (tertiary/aromatic N) is 3. The van der Waals surface area contributed by atoms with Crippen LogP contribution >= 0.6 is 0 Å². The first kappa shape index (κ1) is 16.1. The predicted molar refractivity (Wildman–Crippen MR) is 100 cm³/mol. The molecule has 25 heavy (non-hydrogen) atoms. The summed E-state index contributed by atoms with van der Waals surface area (Å²) in [5, 5.41) is 0. The van der Waals surface area contributed by atoms with E-state index < -0.39 is 0 Å².